The molecule has 1 fully saturated rings. The molecule has 1 saturated heterocycles. The van der Waals surface area contributed by atoms with Crippen molar-refractivity contribution < 1.29 is 9.59 Å². The summed E-state index contributed by atoms with van der Waals surface area (Å²) in [6, 6.07) is 12.0. The summed E-state index contributed by atoms with van der Waals surface area (Å²) in [4.78, 5) is 35.5. The number of Topliss-reactive ketones (excluding diaryl/α,β-unsaturated/α-hetero) is 1. The van der Waals surface area contributed by atoms with Crippen LogP contribution in [0.1, 0.15) is 41.5 Å². The van der Waals surface area contributed by atoms with Crippen LogP contribution in [-0.4, -0.2) is 50.6 Å². The first-order valence-corrected chi connectivity index (χ1v) is 10.9. The van der Waals surface area contributed by atoms with Gasteiger partial charge in [0.1, 0.15) is 0 Å². The summed E-state index contributed by atoms with van der Waals surface area (Å²) < 4.78 is 1.75. The highest BCUT2D eigenvalue weighted by Crippen LogP contribution is 2.21. The van der Waals surface area contributed by atoms with Gasteiger partial charge in [-0.3, -0.25) is 14.3 Å². The first kappa shape index (κ1) is 21.7. The van der Waals surface area contributed by atoms with E-state index >= 15 is 0 Å². The monoisotopic (exact) mass is 432 g/mol. The summed E-state index contributed by atoms with van der Waals surface area (Å²) in [5, 5.41) is 7.53. The van der Waals surface area contributed by atoms with Gasteiger partial charge >= 0.3 is 0 Å². The van der Waals surface area contributed by atoms with E-state index in [-0.39, 0.29) is 17.7 Å². The molecular formula is C24H28N6O2. The van der Waals surface area contributed by atoms with E-state index in [1.807, 2.05) is 50.2 Å². The summed E-state index contributed by atoms with van der Waals surface area (Å²) in [6.07, 6.45) is 2.94. The van der Waals surface area contributed by atoms with Crippen molar-refractivity contribution in [3.8, 4) is 11.3 Å². The largest absolute Gasteiger partial charge is 0.351 e. The fourth-order valence-corrected chi connectivity index (χ4v) is 4.26. The maximum atomic E-state index is 12.5. The Morgan fingerprint density at radius 3 is 2.66 bits per heavy atom. The number of nitrogens with one attached hydrogen (secondary N) is 1. The van der Waals surface area contributed by atoms with Crippen LogP contribution in [0.3, 0.4) is 0 Å². The lowest BCUT2D eigenvalue weighted by atomic mass is 10.1. The van der Waals surface area contributed by atoms with Gasteiger partial charge in [0.05, 0.1) is 17.0 Å². The van der Waals surface area contributed by atoms with Crippen LogP contribution in [-0.2, 0) is 11.3 Å². The molecule has 1 aromatic carbocycles. The van der Waals surface area contributed by atoms with Gasteiger partial charge in [-0.1, -0.05) is 30.3 Å². The number of carbonyl (C=O) groups is 2. The van der Waals surface area contributed by atoms with Gasteiger partial charge in [0.25, 0.3) is 0 Å². The van der Waals surface area contributed by atoms with Gasteiger partial charge in [-0.15, -0.1) is 0 Å². The number of ketones is 1. The highest BCUT2D eigenvalue weighted by molar-refractivity contribution is 5.96. The molecule has 1 atom stereocenters. The quantitative estimate of drug-likeness (QED) is 0.577. The van der Waals surface area contributed by atoms with Crippen molar-refractivity contribution in [2.24, 2.45) is 0 Å². The zero-order valence-electron chi connectivity index (χ0n) is 18.7. The van der Waals surface area contributed by atoms with Crippen molar-refractivity contribution >= 4 is 17.6 Å². The zero-order chi connectivity index (χ0) is 22.7. The smallest absolute Gasteiger partial charge is 0.225 e. The van der Waals surface area contributed by atoms with Gasteiger partial charge in [-0.2, -0.15) is 5.10 Å². The van der Waals surface area contributed by atoms with Gasteiger partial charge in [-0.25, -0.2) is 9.97 Å². The van der Waals surface area contributed by atoms with Crippen LogP contribution in [0.2, 0.25) is 0 Å². The molecule has 1 unspecified atom stereocenters. The fraction of sp³-hybridized carbons (Fsp3) is 0.375. The van der Waals surface area contributed by atoms with Gasteiger partial charge in [0.15, 0.2) is 5.78 Å². The number of anilines is 1. The minimum atomic E-state index is -0.0206. The molecule has 32 heavy (non-hydrogen) atoms. The van der Waals surface area contributed by atoms with Crippen molar-refractivity contribution in [3.63, 3.8) is 0 Å². The van der Waals surface area contributed by atoms with E-state index in [0.29, 0.717) is 36.7 Å². The van der Waals surface area contributed by atoms with Crippen LogP contribution in [0.5, 0.6) is 0 Å². The molecule has 3 aromatic rings. The highest BCUT2D eigenvalue weighted by Gasteiger charge is 2.26. The highest BCUT2D eigenvalue weighted by atomic mass is 16.1. The molecule has 0 spiro atoms. The predicted octanol–water partition coefficient (Wildman–Crippen LogP) is 2.94. The van der Waals surface area contributed by atoms with Crippen LogP contribution in [0.15, 0.2) is 42.6 Å². The number of hydrogen-bond donors (Lipinski definition) is 1. The van der Waals surface area contributed by atoms with Crippen LogP contribution in [0.4, 0.5) is 5.95 Å². The van der Waals surface area contributed by atoms with Gasteiger partial charge in [0, 0.05) is 49.6 Å². The second-order valence-electron chi connectivity index (χ2n) is 8.18. The molecule has 2 aromatic heterocycles. The number of benzene rings is 1. The number of rotatable bonds is 7. The second-order valence-corrected chi connectivity index (χ2v) is 8.18. The summed E-state index contributed by atoms with van der Waals surface area (Å²) in [5.41, 5.74) is 4.11. The molecule has 1 N–H and O–H groups in total. The van der Waals surface area contributed by atoms with Crippen molar-refractivity contribution in [2.75, 3.05) is 18.0 Å². The summed E-state index contributed by atoms with van der Waals surface area (Å²) in [6.45, 7) is 7.15. The van der Waals surface area contributed by atoms with Crippen molar-refractivity contribution in [3.05, 3.63) is 59.5 Å². The second kappa shape index (κ2) is 9.30. The van der Waals surface area contributed by atoms with Crippen molar-refractivity contribution in [2.45, 2.75) is 46.2 Å². The predicted molar refractivity (Wildman–Crippen MR) is 123 cm³/mol. The Morgan fingerprint density at radius 2 is 1.94 bits per heavy atom. The normalized spacial score (nSPS) is 15.7. The number of carbonyl (C=O) groups excluding carboxylic acids is 2. The van der Waals surface area contributed by atoms with E-state index in [2.05, 4.69) is 20.3 Å². The fourth-order valence-electron chi connectivity index (χ4n) is 4.26. The third-order valence-electron chi connectivity index (χ3n) is 5.83. The number of aryl methyl sites for hydroxylation is 2. The number of aromatic nitrogens is 4. The van der Waals surface area contributed by atoms with E-state index < -0.39 is 0 Å². The average molecular weight is 433 g/mol. The minimum Gasteiger partial charge on any atom is -0.351 e. The Morgan fingerprint density at radius 1 is 1.16 bits per heavy atom. The molecule has 166 valence electrons. The Labute approximate surface area is 187 Å². The van der Waals surface area contributed by atoms with Crippen molar-refractivity contribution in [1.82, 2.24) is 25.1 Å². The SMILES string of the molecule is CC(=O)c1c(C)nn(CCC(=O)NC2CCN(c3nccc(-c4ccccc4)n3)C2)c1C. The van der Waals surface area contributed by atoms with Gasteiger partial charge in [0.2, 0.25) is 11.9 Å². The first-order valence-electron chi connectivity index (χ1n) is 10.9. The summed E-state index contributed by atoms with van der Waals surface area (Å²) >= 11 is 0. The van der Waals surface area contributed by atoms with Gasteiger partial charge < -0.3 is 10.2 Å². The van der Waals surface area contributed by atoms with E-state index in [9.17, 15) is 9.59 Å². The number of amides is 1. The molecule has 1 aliphatic rings. The van der Waals surface area contributed by atoms with E-state index in [1.165, 1.54) is 0 Å². The molecule has 1 aliphatic heterocycles. The molecule has 4 rings (SSSR count). The van der Waals surface area contributed by atoms with E-state index in [0.717, 1.165) is 29.9 Å². The maximum absolute atomic E-state index is 12.5. The standard InChI is InChI=1S/C24H28N6O2/c1-16-23(18(3)31)17(2)30(28-16)14-11-22(32)26-20-10-13-29(15-20)24-25-12-9-21(27-24)19-7-5-4-6-8-19/h4-9,12,20H,10-11,13-15H2,1-3H3,(H,26,32). The van der Waals surface area contributed by atoms with Crippen LogP contribution >= 0.6 is 0 Å². The van der Waals surface area contributed by atoms with Crippen molar-refractivity contribution in [1.29, 1.82) is 0 Å². The molecule has 0 radical (unpaired) electrons. The lowest BCUT2D eigenvalue weighted by molar-refractivity contribution is -0.121. The van der Waals surface area contributed by atoms with Crippen LogP contribution in [0.25, 0.3) is 11.3 Å². The zero-order valence-corrected chi connectivity index (χ0v) is 18.7. The Bertz CT molecular complexity index is 1120. The number of hydrogen-bond acceptors (Lipinski definition) is 6. The Hall–Kier alpha value is -3.55. The minimum absolute atomic E-state index is 0.000279. The third kappa shape index (κ3) is 4.69. The van der Waals surface area contributed by atoms with Gasteiger partial charge in [-0.05, 0) is 33.3 Å². The molecule has 0 saturated carbocycles. The summed E-state index contributed by atoms with van der Waals surface area (Å²) in [7, 11) is 0. The lowest BCUT2D eigenvalue weighted by Gasteiger charge is -2.17. The number of nitrogens with zero attached hydrogens (tertiary/aromatic N) is 5. The molecule has 0 bridgehead atoms. The third-order valence-corrected chi connectivity index (χ3v) is 5.83. The molecular weight excluding hydrogens is 404 g/mol. The average Bonchev–Trinajstić information content (AvgIpc) is 3.36. The van der Waals surface area contributed by atoms with E-state index in [4.69, 9.17) is 4.98 Å². The molecule has 1 amide bonds. The molecule has 8 nitrogen and oxygen atoms in total. The summed E-state index contributed by atoms with van der Waals surface area (Å²) in [5.74, 6) is 0.663. The topological polar surface area (TPSA) is 93.0 Å². The van der Waals surface area contributed by atoms with Crippen LogP contribution in [0, 0.1) is 13.8 Å². The van der Waals surface area contributed by atoms with Crippen LogP contribution < -0.4 is 10.2 Å². The molecule has 8 heteroatoms. The molecule has 3 heterocycles. The Balaban J connectivity index is 1.32. The maximum Gasteiger partial charge on any atom is 0.225 e. The van der Waals surface area contributed by atoms with E-state index in [1.54, 1.807) is 17.8 Å². The Kier molecular flexibility index (Phi) is 6.30. The lowest BCUT2D eigenvalue weighted by Crippen LogP contribution is -2.37. The molecule has 0 aliphatic carbocycles. The first-order chi connectivity index (χ1) is 15.4.